The van der Waals surface area contributed by atoms with Gasteiger partial charge < -0.3 is 10.6 Å². The highest BCUT2D eigenvalue weighted by Gasteiger charge is 2.11. The van der Waals surface area contributed by atoms with Crippen molar-refractivity contribution < 1.29 is 0 Å². The van der Waals surface area contributed by atoms with Gasteiger partial charge in [0.15, 0.2) is 5.65 Å². The average Bonchev–Trinajstić information content (AvgIpc) is 3.21. The molecule has 30 heavy (non-hydrogen) atoms. The van der Waals surface area contributed by atoms with Gasteiger partial charge in [-0.25, -0.2) is 14.6 Å². The summed E-state index contributed by atoms with van der Waals surface area (Å²) in [6.45, 7) is 0. The maximum absolute atomic E-state index is 6.12. The standard InChI is InChI=1S/C23H17ClN6/c24-16-5-4-8-20(13-16)30-23-21(14-27-30)22(25-15-26-23)29-19-11-9-18(10-12-19)28-17-6-2-1-3-7-17/h1-15,28H,(H,25,26,29). The van der Waals surface area contributed by atoms with Crippen molar-refractivity contribution in [3.63, 3.8) is 0 Å². The van der Waals surface area contributed by atoms with E-state index in [1.807, 2.05) is 78.9 Å². The molecule has 6 nitrogen and oxygen atoms in total. The molecule has 0 aliphatic rings. The average molecular weight is 413 g/mol. The summed E-state index contributed by atoms with van der Waals surface area (Å²) in [6.07, 6.45) is 3.28. The molecule has 0 radical (unpaired) electrons. The number of fused-ring (bicyclic) bond motifs is 1. The Labute approximate surface area is 178 Å². The fraction of sp³-hybridized carbons (Fsp3) is 0. The minimum Gasteiger partial charge on any atom is -0.356 e. The van der Waals surface area contributed by atoms with Crippen LogP contribution in [-0.2, 0) is 0 Å². The first-order valence-electron chi connectivity index (χ1n) is 9.40. The first-order chi connectivity index (χ1) is 14.8. The Hall–Kier alpha value is -3.90. The quantitative estimate of drug-likeness (QED) is 0.373. The summed E-state index contributed by atoms with van der Waals surface area (Å²) in [4.78, 5) is 8.81. The molecule has 0 fully saturated rings. The second kappa shape index (κ2) is 7.85. The molecule has 5 aromatic rings. The number of halogens is 1. The zero-order chi connectivity index (χ0) is 20.3. The topological polar surface area (TPSA) is 67.7 Å². The van der Waals surface area contributed by atoms with Crippen LogP contribution in [0.15, 0.2) is 91.4 Å². The van der Waals surface area contributed by atoms with Crippen molar-refractivity contribution in [1.82, 2.24) is 19.7 Å². The zero-order valence-corrected chi connectivity index (χ0v) is 16.6. The van der Waals surface area contributed by atoms with Crippen LogP contribution in [0.4, 0.5) is 22.9 Å². The van der Waals surface area contributed by atoms with Crippen molar-refractivity contribution in [2.75, 3.05) is 10.6 Å². The molecule has 2 heterocycles. The van der Waals surface area contributed by atoms with Crippen LogP contribution in [-0.4, -0.2) is 19.7 Å². The highest BCUT2D eigenvalue weighted by molar-refractivity contribution is 6.30. The van der Waals surface area contributed by atoms with Crippen molar-refractivity contribution in [3.05, 3.63) is 96.4 Å². The van der Waals surface area contributed by atoms with E-state index in [0.29, 0.717) is 16.5 Å². The number of hydrogen-bond donors (Lipinski definition) is 2. The van der Waals surface area contributed by atoms with E-state index in [2.05, 4.69) is 25.7 Å². The van der Waals surface area contributed by atoms with Crippen LogP contribution in [0.25, 0.3) is 16.7 Å². The third kappa shape index (κ3) is 3.68. The van der Waals surface area contributed by atoms with Gasteiger partial charge in [0.1, 0.15) is 12.1 Å². The van der Waals surface area contributed by atoms with Crippen molar-refractivity contribution in [1.29, 1.82) is 0 Å². The first-order valence-corrected chi connectivity index (χ1v) is 9.78. The number of rotatable bonds is 5. The second-order valence-electron chi connectivity index (χ2n) is 6.69. The van der Waals surface area contributed by atoms with Crippen molar-refractivity contribution in [3.8, 4) is 5.69 Å². The summed E-state index contributed by atoms with van der Waals surface area (Å²) < 4.78 is 1.75. The first kappa shape index (κ1) is 18.1. The van der Waals surface area contributed by atoms with Crippen LogP contribution in [0.2, 0.25) is 5.02 Å². The Morgan fingerprint density at radius 3 is 2.23 bits per heavy atom. The van der Waals surface area contributed by atoms with E-state index in [0.717, 1.165) is 28.1 Å². The monoisotopic (exact) mass is 412 g/mol. The SMILES string of the molecule is Clc1cccc(-n2ncc3c(Nc4ccc(Nc5ccccc5)cc4)ncnc32)c1. The predicted octanol–water partition coefficient (Wildman–Crippen LogP) is 5.96. The Bertz CT molecular complexity index is 1300. The number of aromatic nitrogens is 4. The number of benzene rings is 3. The lowest BCUT2D eigenvalue weighted by molar-refractivity contribution is 0.895. The Morgan fingerprint density at radius 2 is 1.47 bits per heavy atom. The molecule has 2 aromatic heterocycles. The molecule has 0 unspecified atom stereocenters. The van der Waals surface area contributed by atoms with Gasteiger partial charge in [-0.05, 0) is 54.6 Å². The van der Waals surface area contributed by atoms with Gasteiger partial charge in [0, 0.05) is 22.1 Å². The minimum atomic E-state index is 0.646. The molecule has 0 bridgehead atoms. The molecule has 7 heteroatoms. The zero-order valence-electron chi connectivity index (χ0n) is 15.8. The van der Waals surface area contributed by atoms with Gasteiger partial charge in [-0.1, -0.05) is 35.9 Å². The minimum absolute atomic E-state index is 0.646. The Morgan fingerprint density at radius 1 is 0.733 bits per heavy atom. The molecule has 0 atom stereocenters. The number of anilines is 4. The van der Waals surface area contributed by atoms with Crippen molar-refractivity contribution in [2.45, 2.75) is 0 Å². The van der Waals surface area contributed by atoms with Gasteiger partial charge in [-0.15, -0.1) is 0 Å². The summed E-state index contributed by atoms with van der Waals surface area (Å²) in [5, 5.41) is 12.7. The summed E-state index contributed by atoms with van der Waals surface area (Å²) in [6, 6.07) is 25.6. The molecule has 0 aliphatic carbocycles. The van der Waals surface area contributed by atoms with E-state index in [1.165, 1.54) is 6.33 Å². The maximum Gasteiger partial charge on any atom is 0.168 e. The van der Waals surface area contributed by atoms with Crippen LogP contribution < -0.4 is 10.6 Å². The van der Waals surface area contributed by atoms with Gasteiger partial charge >= 0.3 is 0 Å². The summed E-state index contributed by atoms with van der Waals surface area (Å²) in [5.41, 5.74) is 4.53. The second-order valence-corrected chi connectivity index (χ2v) is 7.13. The summed E-state index contributed by atoms with van der Waals surface area (Å²) in [5.74, 6) is 0.692. The maximum atomic E-state index is 6.12. The highest BCUT2D eigenvalue weighted by atomic mass is 35.5. The van der Waals surface area contributed by atoms with E-state index in [-0.39, 0.29) is 0 Å². The molecular weight excluding hydrogens is 396 g/mol. The van der Waals surface area contributed by atoms with E-state index >= 15 is 0 Å². The molecule has 3 aromatic carbocycles. The van der Waals surface area contributed by atoms with E-state index in [9.17, 15) is 0 Å². The van der Waals surface area contributed by atoms with Crippen LogP contribution >= 0.6 is 11.6 Å². The third-order valence-corrected chi connectivity index (χ3v) is 4.86. The van der Waals surface area contributed by atoms with E-state index < -0.39 is 0 Å². The van der Waals surface area contributed by atoms with Crippen LogP contribution in [0.1, 0.15) is 0 Å². The molecule has 146 valence electrons. The largest absolute Gasteiger partial charge is 0.356 e. The fourth-order valence-electron chi connectivity index (χ4n) is 3.20. The summed E-state index contributed by atoms with van der Waals surface area (Å²) >= 11 is 6.12. The van der Waals surface area contributed by atoms with Gasteiger partial charge in [0.05, 0.1) is 17.3 Å². The van der Waals surface area contributed by atoms with Gasteiger partial charge in [0.2, 0.25) is 0 Å². The van der Waals surface area contributed by atoms with Crippen LogP contribution in [0.3, 0.4) is 0 Å². The van der Waals surface area contributed by atoms with Gasteiger partial charge in [0.25, 0.3) is 0 Å². The predicted molar refractivity (Wildman–Crippen MR) is 121 cm³/mol. The van der Waals surface area contributed by atoms with Crippen LogP contribution in [0.5, 0.6) is 0 Å². The van der Waals surface area contributed by atoms with Gasteiger partial charge in [-0.2, -0.15) is 5.10 Å². The van der Waals surface area contributed by atoms with Crippen LogP contribution in [0, 0.1) is 0 Å². The third-order valence-electron chi connectivity index (χ3n) is 4.63. The molecule has 2 N–H and O–H groups in total. The molecule has 0 aliphatic heterocycles. The number of para-hydroxylation sites is 1. The Balaban J connectivity index is 1.40. The number of nitrogens with one attached hydrogen (secondary N) is 2. The smallest absolute Gasteiger partial charge is 0.168 e. The molecule has 0 amide bonds. The van der Waals surface area contributed by atoms with E-state index in [1.54, 1.807) is 10.9 Å². The molecule has 5 rings (SSSR count). The lowest BCUT2D eigenvalue weighted by atomic mass is 10.2. The normalized spacial score (nSPS) is 10.8. The molecule has 0 saturated carbocycles. The molecule has 0 spiro atoms. The number of nitrogens with zero attached hydrogens (tertiary/aromatic N) is 4. The molecular formula is C23H17ClN6. The highest BCUT2D eigenvalue weighted by Crippen LogP contribution is 2.26. The van der Waals surface area contributed by atoms with Crippen molar-refractivity contribution in [2.24, 2.45) is 0 Å². The van der Waals surface area contributed by atoms with E-state index in [4.69, 9.17) is 11.6 Å². The lowest BCUT2D eigenvalue weighted by Crippen LogP contribution is -1.99. The lowest BCUT2D eigenvalue weighted by Gasteiger charge is -2.09. The van der Waals surface area contributed by atoms with Crippen molar-refractivity contribution >= 4 is 45.5 Å². The fourth-order valence-corrected chi connectivity index (χ4v) is 3.39. The molecule has 0 saturated heterocycles. The summed E-state index contributed by atoms with van der Waals surface area (Å²) in [7, 11) is 0. The van der Waals surface area contributed by atoms with Gasteiger partial charge in [-0.3, -0.25) is 0 Å². The number of hydrogen-bond acceptors (Lipinski definition) is 5. The Kier molecular flexibility index (Phi) is 4.75.